The third-order valence-electron chi connectivity index (χ3n) is 7.91. The molecular formula is C31H32F2N8O. The summed E-state index contributed by atoms with van der Waals surface area (Å²) < 4.78 is 32.2. The average Bonchev–Trinajstić information content (AvgIpc) is 3.64. The number of piperidine rings is 1. The summed E-state index contributed by atoms with van der Waals surface area (Å²) in [7, 11) is 0. The van der Waals surface area contributed by atoms with Crippen molar-refractivity contribution in [1.82, 2.24) is 35.2 Å². The molecule has 216 valence electrons. The number of hydrogen-bond donors (Lipinski definition) is 4. The number of amides is 1. The van der Waals surface area contributed by atoms with Gasteiger partial charge in [0, 0.05) is 52.6 Å². The van der Waals surface area contributed by atoms with E-state index in [0.29, 0.717) is 52.9 Å². The monoisotopic (exact) mass is 570 g/mol. The Morgan fingerprint density at radius 3 is 2.60 bits per heavy atom. The zero-order valence-corrected chi connectivity index (χ0v) is 23.5. The molecule has 11 heteroatoms. The van der Waals surface area contributed by atoms with Crippen LogP contribution in [-0.2, 0) is 6.42 Å². The maximum Gasteiger partial charge on any atom is 0.251 e. The topological polar surface area (TPSA) is 112 Å². The Kier molecular flexibility index (Phi) is 7.66. The van der Waals surface area contributed by atoms with Crippen molar-refractivity contribution in [3.63, 3.8) is 0 Å². The van der Waals surface area contributed by atoms with E-state index in [-0.39, 0.29) is 17.0 Å². The van der Waals surface area contributed by atoms with Crippen LogP contribution in [0.15, 0.2) is 55.1 Å². The van der Waals surface area contributed by atoms with Crippen LogP contribution < -0.4 is 16.0 Å². The van der Waals surface area contributed by atoms with Crippen LogP contribution in [0.2, 0.25) is 0 Å². The quantitative estimate of drug-likeness (QED) is 0.199. The molecule has 1 saturated heterocycles. The lowest BCUT2D eigenvalue weighted by atomic mass is 9.97. The Balaban J connectivity index is 1.25. The molecule has 4 heterocycles. The maximum atomic E-state index is 15.4. The number of anilines is 2. The molecule has 1 amide bonds. The highest BCUT2D eigenvalue weighted by molar-refractivity contribution is 5.96. The van der Waals surface area contributed by atoms with E-state index in [4.69, 9.17) is 0 Å². The number of imidazole rings is 1. The average molecular weight is 571 g/mol. The smallest absolute Gasteiger partial charge is 0.251 e. The van der Waals surface area contributed by atoms with E-state index in [1.54, 1.807) is 35.9 Å². The fraction of sp³-hybridized carbons (Fsp3) is 0.290. The molecule has 42 heavy (non-hydrogen) atoms. The molecule has 1 fully saturated rings. The highest BCUT2D eigenvalue weighted by atomic mass is 19.2. The number of H-pyrrole nitrogens is 1. The van der Waals surface area contributed by atoms with E-state index in [9.17, 15) is 4.79 Å². The second-order valence-electron chi connectivity index (χ2n) is 10.6. The molecule has 0 bridgehead atoms. The predicted octanol–water partition coefficient (Wildman–Crippen LogP) is 5.41. The van der Waals surface area contributed by atoms with Crippen LogP contribution in [-0.4, -0.2) is 50.1 Å². The van der Waals surface area contributed by atoms with Gasteiger partial charge in [-0.2, -0.15) is 5.10 Å². The summed E-state index contributed by atoms with van der Waals surface area (Å²) in [5.41, 5.74) is 4.50. The standard InChI is InChI=1S/C31H32F2N8O/c1-3-20-14-21(4-5-22(20)31(42)37-15-19-8-10-34-11-9-19)39-29-30-36-17-26(41(30)13-12-35-29)24-7-6-23(27(32)28(24)33)25-16-38-40-18(25)2/h4-7,12-14,16-17,19,34H,3,8-11,15H2,1-2H3,(H,35,39)(H,37,42)(H,38,40). The molecule has 9 nitrogen and oxygen atoms in total. The van der Waals surface area contributed by atoms with E-state index in [2.05, 4.69) is 36.1 Å². The number of fused-ring (bicyclic) bond motifs is 1. The van der Waals surface area contributed by atoms with Gasteiger partial charge < -0.3 is 16.0 Å². The van der Waals surface area contributed by atoms with Crippen molar-refractivity contribution in [2.45, 2.75) is 33.1 Å². The van der Waals surface area contributed by atoms with Gasteiger partial charge in [-0.15, -0.1) is 0 Å². The van der Waals surface area contributed by atoms with Gasteiger partial charge in [0.25, 0.3) is 5.91 Å². The first-order chi connectivity index (χ1) is 20.4. The summed E-state index contributed by atoms with van der Waals surface area (Å²) in [6.45, 7) is 6.42. The van der Waals surface area contributed by atoms with Crippen LogP contribution >= 0.6 is 0 Å². The normalized spacial score (nSPS) is 13.9. The van der Waals surface area contributed by atoms with Crippen molar-refractivity contribution < 1.29 is 13.6 Å². The highest BCUT2D eigenvalue weighted by Crippen LogP contribution is 2.33. The number of halogens is 2. The Hall–Kier alpha value is -4.64. The summed E-state index contributed by atoms with van der Waals surface area (Å²) in [6, 6.07) is 8.66. The fourth-order valence-electron chi connectivity index (χ4n) is 5.52. The third kappa shape index (κ3) is 5.23. The summed E-state index contributed by atoms with van der Waals surface area (Å²) in [5.74, 6) is -1.05. The van der Waals surface area contributed by atoms with Crippen molar-refractivity contribution in [2.24, 2.45) is 5.92 Å². The Labute approximate surface area is 241 Å². The van der Waals surface area contributed by atoms with Crippen molar-refractivity contribution in [3.05, 3.63) is 83.6 Å². The largest absolute Gasteiger partial charge is 0.352 e. The molecule has 2 aromatic carbocycles. The summed E-state index contributed by atoms with van der Waals surface area (Å²) >= 11 is 0. The van der Waals surface area contributed by atoms with Crippen LogP contribution in [0.4, 0.5) is 20.3 Å². The summed E-state index contributed by atoms with van der Waals surface area (Å²) in [4.78, 5) is 21.9. The number of aromatic nitrogens is 5. The molecule has 3 aromatic heterocycles. The molecule has 0 radical (unpaired) electrons. The first kappa shape index (κ1) is 27.5. The fourth-order valence-corrected chi connectivity index (χ4v) is 5.52. The van der Waals surface area contributed by atoms with Gasteiger partial charge in [-0.05, 0) is 75.0 Å². The number of carbonyl (C=O) groups is 1. The Morgan fingerprint density at radius 2 is 1.83 bits per heavy atom. The number of carbonyl (C=O) groups excluding carboxylic acids is 1. The van der Waals surface area contributed by atoms with Crippen molar-refractivity contribution in [1.29, 1.82) is 0 Å². The lowest BCUT2D eigenvalue weighted by molar-refractivity contribution is 0.0943. The van der Waals surface area contributed by atoms with Crippen molar-refractivity contribution in [2.75, 3.05) is 25.0 Å². The van der Waals surface area contributed by atoms with Crippen molar-refractivity contribution >= 4 is 23.1 Å². The van der Waals surface area contributed by atoms with Crippen LogP contribution in [0.1, 0.15) is 41.4 Å². The van der Waals surface area contributed by atoms with E-state index < -0.39 is 11.6 Å². The minimum Gasteiger partial charge on any atom is -0.352 e. The van der Waals surface area contributed by atoms with Gasteiger partial charge >= 0.3 is 0 Å². The van der Waals surface area contributed by atoms with Crippen LogP contribution in [0.3, 0.4) is 0 Å². The van der Waals surface area contributed by atoms with Gasteiger partial charge in [-0.3, -0.25) is 14.3 Å². The van der Waals surface area contributed by atoms with Gasteiger partial charge in [0.15, 0.2) is 23.1 Å². The molecule has 1 aliphatic rings. The number of rotatable bonds is 8. The van der Waals surface area contributed by atoms with Gasteiger partial charge in [-0.1, -0.05) is 13.0 Å². The molecule has 4 N–H and O–H groups in total. The molecule has 0 aliphatic carbocycles. The maximum absolute atomic E-state index is 15.4. The summed E-state index contributed by atoms with van der Waals surface area (Å²) in [5, 5.41) is 16.4. The van der Waals surface area contributed by atoms with Crippen LogP contribution in [0, 0.1) is 24.5 Å². The molecule has 0 spiro atoms. The van der Waals surface area contributed by atoms with Crippen LogP contribution in [0.5, 0.6) is 0 Å². The molecule has 0 atom stereocenters. The molecule has 1 aliphatic heterocycles. The van der Waals surface area contributed by atoms with Gasteiger partial charge in [0.2, 0.25) is 0 Å². The molecular weight excluding hydrogens is 538 g/mol. The lowest BCUT2D eigenvalue weighted by Gasteiger charge is -2.23. The van der Waals surface area contributed by atoms with E-state index in [1.165, 1.54) is 12.4 Å². The Morgan fingerprint density at radius 1 is 1.05 bits per heavy atom. The number of nitrogens with zero attached hydrogens (tertiary/aromatic N) is 4. The van der Waals surface area contributed by atoms with E-state index >= 15 is 8.78 Å². The molecule has 6 rings (SSSR count). The molecule has 5 aromatic rings. The third-order valence-corrected chi connectivity index (χ3v) is 7.91. The predicted molar refractivity (Wildman–Crippen MR) is 158 cm³/mol. The molecule has 0 unspecified atom stereocenters. The van der Waals surface area contributed by atoms with E-state index in [0.717, 1.165) is 37.2 Å². The second kappa shape index (κ2) is 11.7. The van der Waals surface area contributed by atoms with Gasteiger partial charge in [0.05, 0.1) is 18.1 Å². The van der Waals surface area contributed by atoms with Gasteiger partial charge in [-0.25, -0.2) is 18.7 Å². The number of nitrogens with one attached hydrogen (secondary N) is 4. The molecule has 0 saturated carbocycles. The SMILES string of the molecule is CCc1cc(Nc2nccn3c(-c4ccc(-c5cn[nH]c5C)c(F)c4F)cnc23)ccc1C(=O)NCC1CCNCC1. The lowest BCUT2D eigenvalue weighted by Crippen LogP contribution is -2.36. The zero-order valence-electron chi connectivity index (χ0n) is 23.5. The minimum absolute atomic E-state index is 0.0711. The Bertz CT molecular complexity index is 1760. The van der Waals surface area contributed by atoms with Crippen molar-refractivity contribution in [3.8, 4) is 22.4 Å². The second-order valence-corrected chi connectivity index (χ2v) is 10.6. The van der Waals surface area contributed by atoms with E-state index in [1.807, 2.05) is 25.1 Å². The highest BCUT2D eigenvalue weighted by Gasteiger charge is 2.21. The van der Waals surface area contributed by atoms with Crippen LogP contribution in [0.25, 0.3) is 28.0 Å². The number of aryl methyl sites for hydroxylation is 2. The number of benzene rings is 2. The number of aromatic amines is 1. The zero-order chi connectivity index (χ0) is 29.2. The first-order valence-corrected chi connectivity index (χ1v) is 14.1. The number of hydrogen-bond acceptors (Lipinski definition) is 6. The summed E-state index contributed by atoms with van der Waals surface area (Å²) in [6.07, 6.45) is 9.00. The minimum atomic E-state index is -0.970. The first-order valence-electron chi connectivity index (χ1n) is 14.1. The van der Waals surface area contributed by atoms with Gasteiger partial charge in [0.1, 0.15) is 0 Å².